The molecule has 31 heavy (non-hydrogen) atoms. The van der Waals surface area contributed by atoms with Gasteiger partial charge in [-0.05, 0) is 59.1 Å². The van der Waals surface area contributed by atoms with Crippen molar-refractivity contribution < 1.29 is 14.7 Å². The van der Waals surface area contributed by atoms with Crippen LogP contribution >= 0.6 is 11.3 Å². The monoisotopic (exact) mass is 445 g/mol. The number of aryl methyl sites for hydroxylation is 1. The molecule has 3 N–H and O–H groups in total. The summed E-state index contributed by atoms with van der Waals surface area (Å²) in [5.41, 5.74) is 2.02. The van der Waals surface area contributed by atoms with Crippen molar-refractivity contribution in [2.75, 3.05) is 18.5 Å². The number of rotatable bonds is 7. The van der Waals surface area contributed by atoms with E-state index >= 15 is 0 Å². The molecule has 1 aliphatic heterocycles. The number of pyridine rings is 1. The van der Waals surface area contributed by atoms with Crippen LogP contribution in [0, 0.1) is 6.92 Å². The zero-order valence-electron chi connectivity index (χ0n) is 18.7. The second kappa shape index (κ2) is 9.74. The largest absolute Gasteiger partial charge is 0.394 e. The molecule has 168 valence electrons. The van der Waals surface area contributed by atoms with Gasteiger partial charge in [-0.15, -0.1) is 11.3 Å². The molecule has 9 heteroatoms. The van der Waals surface area contributed by atoms with Gasteiger partial charge in [0.2, 0.25) is 0 Å². The Morgan fingerprint density at radius 3 is 2.68 bits per heavy atom. The fourth-order valence-corrected chi connectivity index (χ4v) is 4.65. The normalized spacial score (nSPS) is 17.1. The van der Waals surface area contributed by atoms with E-state index in [4.69, 9.17) is 0 Å². The fourth-order valence-electron chi connectivity index (χ4n) is 3.62. The Morgan fingerprint density at radius 1 is 1.35 bits per heavy atom. The first-order valence-corrected chi connectivity index (χ1v) is 11.5. The third-order valence-corrected chi connectivity index (χ3v) is 6.37. The summed E-state index contributed by atoms with van der Waals surface area (Å²) in [5.74, 6) is 0.204. The number of aliphatic hydroxyl groups excluding tert-OH is 1. The van der Waals surface area contributed by atoms with Crippen molar-refractivity contribution in [1.29, 1.82) is 0 Å². The number of hydrogen-bond donors (Lipinski definition) is 3. The molecule has 0 saturated carbocycles. The minimum absolute atomic E-state index is 0.144. The zero-order valence-corrected chi connectivity index (χ0v) is 19.5. The summed E-state index contributed by atoms with van der Waals surface area (Å²) in [6.07, 6.45) is 3.66. The highest BCUT2D eigenvalue weighted by atomic mass is 32.1. The fraction of sp³-hybridized carbons (Fsp3) is 0.545. The first-order valence-electron chi connectivity index (χ1n) is 10.7. The molecule has 0 unspecified atom stereocenters. The van der Waals surface area contributed by atoms with Gasteiger partial charge >= 0.3 is 0 Å². The minimum atomic E-state index is -0.401. The molecule has 2 aromatic heterocycles. The quantitative estimate of drug-likeness (QED) is 0.605. The Labute approximate surface area is 187 Å². The molecule has 3 rings (SSSR count). The second-order valence-corrected chi connectivity index (χ2v) is 9.43. The van der Waals surface area contributed by atoms with Crippen molar-refractivity contribution in [3.63, 3.8) is 0 Å². The van der Waals surface area contributed by atoms with Crippen LogP contribution in [0.25, 0.3) is 10.4 Å². The molecule has 2 aromatic rings. The number of carbonyl (C=O) groups is 2. The minimum Gasteiger partial charge on any atom is -0.394 e. The summed E-state index contributed by atoms with van der Waals surface area (Å²) < 4.78 is 0. The van der Waals surface area contributed by atoms with Crippen molar-refractivity contribution in [2.45, 2.75) is 65.6 Å². The molecule has 8 nitrogen and oxygen atoms in total. The van der Waals surface area contributed by atoms with E-state index in [-0.39, 0.29) is 35.3 Å². The lowest BCUT2D eigenvalue weighted by Crippen LogP contribution is -2.35. The number of aliphatic hydroxyl groups is 1. The maximum absolute atomic E-state index is 13.4. The molecule has 0 radical (unpaired) electrons. The van der Waals surface area contributed by atoms with Crippen LogP contribution < -0.4 is 10.6 Å². The van der Waals surface area contributed by atoms with E-state index in [9.17, 15) is 14.7 Å². The van der Waals surface area contributed by atoms with Crippen LogP contribution in [0.1, 0.15) is 66.4 Å². The van der Waals surface area contributed by atoms with E-state index < -0.39 is 11.9 Å². The van der Waals surface area contributed by atoms with Gasteiger partial charge in [0.25, 0.3) is 11.8 Å². The van der Waals surface area contributed by atoms with Crippen molar-refractivity contribution in [3.05, 3.63) is 28.5 Å². The predicted octanol–water partition coefficient (Wildman–Crippen LogP) is 3.07. The topological polar surface area (TPSA) is 107 Å². The number of hydrogen-bond acceptors (Lipinski definition) is 7. The van der Waals surface area contributed by atoms with Gasteiger partial charge in [0.1, 0.15) is 11.5 Å². The van der Waals surface area contributed by atoms with Crippen LogP contribution in [0.3, 0.4) is 0 Å². The van der Waals surface area contributed by atoms with Crippen LogP contribution in [0.4, 0.5) is 5.82 Å². The maximum atomic E-state index is 13.4. The van der Waals surface area contributed by atoms with Crippen LogP contribution in [0.2, 0.25) is 0 Å². The number of nitrogens with one attached hydrogen (secondary N) is 2. The van der Waals surface area contributed by atoms with E-state index in [1.54, 1.807) is 13.1 Å². The number of carbonyl (C=O) groups excluding carboxylic acids is 2. The molecule has 1 aliphatic rings. The lowest BCUT2D eigenvalue weighted by atomic mass is 10.1. The summed E-state index contributed by atoms with van der Waals surface area (Å²) in [7, 11) is 0. The Balaban J connectivity index is 2.03. The van der Waals surface area contributed by atoms with Crippen molar-refractivity contribution in [2.24, 2.45) is 0 Å². The number of aromatic nitrogens is 2. The van der Waals surface area contributed by atoms with Crippen molar-refractivity contribution in [3.8, 4) is 10.4 Å². The van der Waals surface area contributed by atoms with Crippen molar-refractivity contribution in [1.82, 2.24) is 20.2 Å². The van der Waals surface area contributed by atoms with Crippen LogP contribution in [-0.4, -0.2) is 63.1 Å². The molecular weight excluding hydrogens is 414 g/mol. The van der Waals surface area contributed by atoms with Crippen LogP contribution in [0.15, 0.2) is 12.3 Å². The van der Waals surface area contributed by atoms with Gasteiger partial charge in [-0.3, -0.25) is 9.59 Å². The SMILES string of the molecule is Cc1cc(NC(C)C)ncc1-c1sc(C(=O)N[C@H](C)CO)nc1C(=O)N1CCC[C@@H]1C. The van der Waals surface area contributed by atoms with Gasteiger partial charge < -0.3 is 20.6 Å². The molecule has 0 spiro atoms. The van der Waals surface area contributed by atoms with Gasteiger partial charge in [0.05, 0.1) is 11.5 Å². The van der Waals surface area contributed by atoms with E-state index in [0.717, 1.165) is 29.8 Å². The Bertz CT molecular complexity index is 959. The average Bonchev–Trinajstić information content (AvgIpc) is 3.33. The van der Waals surface area contributed by atoms with Crippen molar-refractivity contribution >= 4 is 29.0 Å². The highest BCUT2D eigenvalue weighted by Gasteiger charge is 2.32. The maximum Gasteiger partial charge on any atom is 0.280 e. The standard InChI is InChI=1S/C22H31N5O3S/c1-12(2)24-17-9-13(3)16(10-23-17)19-18(22(30)27-8-6-7-15(27)5)26-21(31-19)20(29)25-14(4)11-28/h9-10,12,14-15,28H,6-8,11H2,1-5H3,(H,23,24)(H,25,29)/t14-,15+/m1/s1. The number of nitrogens with zero attached hydrogens (tertiary/aromatic N) is 3. The zero-order chi connectivity index (χ0) is 22.7. The van der Waals surface area contributed by atoms with E-state index in [2.05, 4.69) is 20.6 Å². The van der Waals surface area contributed by atoms with E-state index in [0.29, 0.717) is 11.4 Å². The Hall–Kier alpha value is -2.52. The predicted molar refractivity (Wildman–Crippen MR) is 123 cm³/mol. The molecule has 3 heterocycles. The van der Waals surface area contributed by atoms with Crippen LogP contribution in [0.5, 0.6) is 0 Å². The van der Waals surface area contributed by atoms with Gasteiger partial charge in [-0.1, -0.05) is 0 Å². The average molecular weight is 446 g/mol. The lowest BCUT2D eigenvalue weighted by Gasteiger charge is -2.21. The molecular formula is C22H31N5O3S. The first kappa shape index (κ1) is 23.1. The highest BCUT2D eigenvalue weighted by Crippen LogP contribution is 2.35. The molecule has 2 amide bonds. The van der Waals surface area contributed by atoms with Gasteiger partial charge in [-0.25, -0.2) is 9.97 Å². The summed E-state index contributed by atoms with van der Waals surface area (Å²) >= 11 is 1.18. The molecule has 0 aliphatic carbocycles. The first-order chi connectivity index (χ1) is 14.7. The smallest absolute Gasteiger partial charge is 0.280 e. The highest BCUT2D eigenvalue weighted by molar-refractivity contribution is 7.17. The molecule has 0 bridgehead atoms. The molecule has 1 saturated heterocycles. The third kappa shape index (κ3) is 5.22. The summed E-state index contributed by atoms with van der Waals surface area (Å²) in [5, 5.41) is 15.4. The van der Waals surface area contributed by atoms with Gasteiger partial charge in [0.15, 0.2) is 5.01 Å². The van der Waals surface area contributed by atoms with E-state index in [1.807, 2.05) is 38.7 Å². The van der Waals surface area contributed by atoms with Gasteiger partial charge in [-0.2, -0.15) is 0 Å². The number of thiazole rings is 1. The number of amides is 2. The van der Waals surface area contributed by atoms with Crippen LogP contribution in [-0.2, 0) is 0 Å². The Morgan fingerprint density at radius 2 is 2.10 bits per heavy atom. The number of likely N-dealkylation sites (tertiary alicyclic amines) is 1. The number of anilines is 1. The van der Waals surface area contributed by atoms with E-state index in [1.165, 1.54) is 11.3 Å². The second-order valence-electron chi connectivity index (χ2n) is 8.43. The van der Waals surface area contributed by atoms with Gasteiger partial charge in [0, 0.05) is 36.4 Å². The summed E-state index contributed by atoms with van der Waals surface area (Å²) in [4.78, 5) is 37.4. The summed E-state index contributed by atoms with van der Waals surface area (Å²) in [6.45, 7) is 10.3. The lowest BCUT2D eigenvalue weighted by molar-refractivity contribution is 0.0743. The third-order valence-electron chi connectivity index (χ3n) is 5.28. The molecule has 1 fully saturated rings. The Kier molecular flexibility index (Phi) is 7.27. The summed E-state index contributed by atoms with van der Waals surface area (Å²) in [6, 6.07) is 1.93. The molecule has 0 aromatic carbocycles. The molecule has 2 atom stereocenters.